The van der Waals surface area contributed by atoms with Crippen LogP contribution in [0, 0.1) is 13.8 Å². The van der Waals surface area contributed by atoms with Gasteiger partial charge in [0.1, 0.15) is 5.69 Å². The smallest absolute Gasteiger partial charge is 0.341 e. The van der Waals surface area contributed by atoms with E-state index in [4.69, 9.17) is 10.9 Å². The number of pyridine rings is 1. The van der Waals surface area contributed by atoms with Gasteiger partial charge in [-0.15, -0.1) is 0 Å². The molecular weight excluding hydrogens is 482 g/mol. The number of rotatable bonds is 9. The fraction of sp³-hybridized carbons (Fsp3) is 0.500. The number of piperidine rings is 1. The summed E-state index contributed by atoms with van der Waals surface area (Å²) < 4.78 is 0. The number of aryl methyl sites for hydroxylation is 2. The maximum absolute atomic E-state index is 12.8. The molecule has 1 fully saturated rings. The van der Waals surface area contributed by atoms with Crippen molar-refractivity contribution in [3.63, 3.8) is 0 Å². The number of oxime groups is 1. The maximum Gasteiger partial charge on any atom is 0.341 e. The third-order valence-corrected chi connectivity index (χ3v) is 7.43. The van der Waals surface area contributed by atoms with Crippen molar-refractivity contribution in [1.82, 2.24) is 25.6 Å². The van der Waals surface area contributed by atoms with Crippen molar-refractivity contribution in [2.24, 2.45) is 10.9 Å². The first-order valence-corrected chi connectivity index (χ1v) is 12.9. The molecule has 36 heavy (non-hydrogen) atoms. The Bertz CT molecular complexity index is 1050. The third-order valence-electron chi connectivity index (χ3n) is 6.70. The van der Waals surface area contributed by atoms with Gasteiger partial charge in [0.15, 0.2) is 5.84 Å². The molecular formula is C24H35N7O4S. The number of nitrogens with one attached hydrogen (secondary N) is 2. The Morgan fingerprint density at radius 2 is 2.08 bits per heavy atom. The van der Waals surface area contributed by atoms with Gasteiger partial charge in [0.2, 0.25) is 0 Å². The highest BCUT2D eigenvalue weighted by Crippen LogP contribution is 2.22. The minimum absolute atomic E-state index is 0.0477. The molecule has 1 aliphatic rings. The van der Waals surface area contributed by atoms with Gasteiger partial charge < -0.3 is 26.1 Å². The lowest BCUT2D eigenvalue weighted by molar-refractivity contribution is 0.0740. The van der Waals surface area contributed by atoms with E-state index < -0.39 is 6.03 Å². The van der Waals surface area contributed by atoms with Crippen LogP contribution in [-0.4, -0.2) is 74.7 Å². The zero-order valence-electron chi connectivity index (χ0n) is 20.9. The second-order valence-corrected chi connectivity index (χ2v) is 9.89. The molecule has 0 aromatic carbocycles. The van der Waals surface area contributed by atoms with E-state index in [2.05, 4.69) is 27.3 Å². The lowest BCUT2D eigenvalue weighted by Gasteiger charge is -2.40. The molecule has 12 heteroatoms. The summed E-state index contributed by atoms with van der Waals surface area (Å²) in [5, 5.41) is 28.0. The van der Waals surface area contributed by atoms with Crippen LogP contribution in [0.2, 0.25) is 0 Å². The van der Waals surface area contributed by atoms with Crippen molar-refractivity contribution in [1.29, 1.82) is 0 Å². The van der Waals surface area contributed by atoms with Crippen molar-refractivity contribution in [3.05, 3.63) is 51.0 Å². The van der Waals surface area contributed by atoms with Gasteiger partial charge in [-0.2, -0.15) is 11.3 Å². The largest absolute Gasteiger partial charge is 0.409 e. The number of carbonyl (C=O) groups is 2. The van der Waals surface area contributed by atoms with Gasteiger partial charge in [-0.05, 0) is 74.1 Å². The summed E-state index contributed by atoms with van der Waals surface area (Å²) >= 11 is 1.58. The summed E-state index contributed by atoms with van der Waals surface area (Å²) in [6, 6.07) is 3.44. The Labute approximate surface area is 214 Å². The van der Waals surface area contributed by atoms with E-state index in [0.29, 0.717) is 35.6 Å². The number of urea groups is 1. The lowest BCUT2D eigenvalue weighted by atomic mass is 10.0. The highest BCUT2D eigenvalue weighted by Gasteiger charge is 2.29. The fourth-order valence-electron chi connectivity index (χ4n) is 4.67. The highest BCUT2D eigenvalue weighted by molar-refractivity contribution is 7.07. The van der Waals surface area contributed by atoms with E-state index in [1.165, 1.54) is 0 Å². The van der Waals surface area contributed by atoms with E-state index in [1.807, 2.05) is 16.8 Å². The van der Waals surface area contributed by atoms with Gasteiger partial charge in [-0.25, -0.2) is 15.3 Å². The molecule has 2 aromatic rings. The Kier molecular flexibility index (Phi) is 9.62. The zero-order chi connectivity index (χ0) is 26.2. The van der Waals surface area contributed by atoms with E-state index in [1.54, 1.807) is 41.6 Å². The minimum Gasteiger partial charge on any atom is -0.409 e. The molecule has 1 atom stereocenters. The molecule has 3 rings (SSSR count). The van der Waals surface area contributed by atoms with E-state index >= 15 is 0 Å². The molecule has 0 bridgehead atoms. The zero-order valence-corrected chi connectivity index (χ0v) is 21.7. The summed E-state index contributed by atoms with van der Waals surface area (Å²) in [4.78, 5) is 33.4. The first kappa shape index (κ1) is 27.4. The highest BCUT2D eigenvalue weighted by atomic mass is 32.1. The summed E-state index contributed by atoms with van der Waals surface area (Å²) in [6.45, 7) is 8.30. The molecule has 0 unspecified atom stereocenters. The summed E-state index contributed by atoms with van der Waals surface area (Å²) in [6.07, 6.45) is 2.40. The first-order valence-electron chi connectivity index (χ1n) is 11.9. The SMILES string of the molecule is Cc1cc(/C(N)=N/O)nc(C)c1C(=O)NCC[C@@H](C)N1CCC(N(Cc2ccsc2)C(=O)NO)CC1. The standard InChI is InChI=1S/C24H35N7O4S/c1-15-12-20(22(25)28-34)27-17(3)21(15)23(32)26-8-4-16(2)30-9-5-19(6-10-30)31(24(33)29-35)13-18-7-11-36-14-18/h7,11-12,14,16,19,34-35H,4-6,8-10,13H2,1-3H3,(H2,25,28)(H,26,32)(H,29,33)/t16-/m1/s1. The molecule has 11 nitrogen and oxygen atoms in total. The van der Waals surface area contributed by atoms with Gasteiger partial charge in [-0.3, -0.25) is 10.0 Å². The molecule has 0 spiro atoms. The number of carbonyl (C=O) groups excluding carboxylic acids is 2. The Hall–Kier alpha value is -3.22. The van der Waals surface area contributed by atoms with Crippen LogP contribution in [0.15, 0.2) is 28.0 Å². The molecule has 6 N–H and O–H groups in total. The Morgan fingerprint density at radius 3 is 2.67 bits per heavy atom. The maximum atomic E-state index is 12.8. The van der Waals surface area contributed by atoms with E-state index in [0.717, 1.165) is 37.9 Å². The van der Waals surface area contributed by atoms with Crippen LogP contribution in [0.25, 0.3) is 0 Å². The molecule has 3 heterocycles. The minimum atomic E-state index is -0.477. The van der Waals surface area contributed by atoms with Crippen molar-refractivity contribution in [3.8, 4) is 0 Å². The number of amidine groups is 1. The topological polar surface area (TPSA) is 156 Å². The average molecular weight is 518 g/mol. The van der Waals surface area contributed by atoms with Crippen LogP contribution >= 0.6 is 11.3 Å². The number of hydrogen-bond acceptors (Lipinski definition) is 8. The van der Waals surface area contributed by atoms with Crippen molar-refractivity contribution < 1.29 is 20.0 Å². The van der Waals surface area contributed by atoms with Crippen LogP contribution in [-0.2, 0) is 6.54 Å². The normalized spacial score (nSPS) is 15.9. The summed E-state index contributed by atoms with van der Waals surface area (Å²) in [7, 11) is 0. The number of nitrogens with zero attached hydrogens (tertiary/aromatic N) is 4. The van der Waals surface area contributed by atoms with Crippen LogP contribution in [0.5, 0.6) is 0 Å². The summed E-state index contributed by atoms with van der Waals surface area (Å²) in [5.74, 6) is -0.300. The number of nitrogens with two attached hydrogens (primary N) is 1. The fourth-order valence-corrected chi connectivity index (χ4v) is 5.33. The number of amides is 3. The number of hydroxylamine groups is 1. The lowest BCUT2D eigenvalue weighted by Crippen LogP contribution is -2.51. The molecule has 0 radical (unpaired) electrons. The molecule has 196 valence electrons. The van der Waals surface area contributed by atoms with Crippen molar-refractivity contribution in [2.75, 3.05) is 19.6 Å². The molecule has 1 saturated heterocycles. The molecule has 2 aromatic heterocycles. The van der Waals surface area contributed by atoms with Gasteiger partial charge in [-0.1, -0.05) is 5.16 Å². The second-order valence-electron chi connectivity index (χ2n) is 9.11. The Balaban J connectivity index is 1.49. The predicted molar refractivity (Wildman–Crippen MR) is 137 cm³/mol. The number of hydrogen-bond donors (Lipinski definition) is 5. The van der Waals surface area contributed by atoms with Crippen molar-refractivity contribution in [2.45, 2.75) is 58.7 Å². The molecule has 3 amide bonds. The molecule has 0 aliphatic carbocycles. The summed E-state index contributed by atoms with van der Waals surface area (Å²) in [5.41, 5.74) is 10.5. The van der Waals surface area contributed by atoms with Gasteiger partial charge in [0, 0.05) is 38.3 Å². The molecule has 1 aliphatic heterocycles. The third kappa shape index (κ3) is 6.71. The van der Waals surface area contributed by atoms with Crippen LogP contribution in [0.3, 0.4) is 0 Å². The van der Waals surface area contributed by atoms with Gasteiger partial charge >= 0.3 is 6.03 Å². The molecule has 0 saturated carbocycles. The van der Waals surface area contributed by atoms with Gasteiger partial charge in [0.05, 0.1) is 11.3 Å². The van der Waals surface area contributed by atoms with Crippen LogP contribution in [0.4, 0.5) is 4.79 Å². The quantitative estimate of drug-likeness (QED) is 0.112. The predicted octanol–water partition coefficient (Wildman–Crippen LogP) is 2.43. The van der Waals surface area contributed by atoms with Gasteiger partial charge in [0.25, 0.3) is 5.91 Å². The van der Waals surface area contributed by atoms with Crippen molar-refractivity contribution >= 4 is 29.1 Å². The number of aromatic nitrogens is 1. The van der Waals surface area contributed by atoms with E-state index in [9.17, 15) is 14.8 Å². The van der Waals surface area contributed by atoms with Crippen LogP contribution < -0.4 is 16.5 Å². The monoisotopic (exact) mass is 517 g/mol. The number of thiophene rings is 1. The van der Waals surface area contributed by atoms with Crippen LogP contribution in [0.1, 0.15) is 59.1 Å². The average Bonchev–Trinajstić information content (AvgIpc) is 3.39. The second kappa shape index (κ2) is 12.7. The number of likely N-dealkylation sites (tertiary alicyclic amines) is 1. The van der Waals surface area contributed by atoms with E-state index in [-0.39, 0.29) is 23.8 Å². The first-order chi connectivity index (χ1) is 17.2. The Morgan fingerprint density at radius 1 is 1.36 bits per heavy atom.